The molecule has 2 aromatic carbocycles. The van der Waals surface area contributed by atoms with Gasteiger partial charge >= 0.3 is 0 Å². The van der Waals surface area contributed by atoms with Crippen LogP contribution in [-0.2, 0) is 6.61 Å². The SMILES string of the molecule is CCOc1cc(C#N)cc(Cl)c1OCc1cccc(F)c1. The molecular weight excluding hydrogens is 293 g/mol. The van der Waals surface area contributed by atoms with Crippen molar-refractivity contribution in [2.24, 2.45) is 0 Å². The molecule has 0 amide bonds. The third kappa shape index (κ3) is 3.87. The Morgan fingerprint density at radius 2 is 2.05 bits per heavy atom. The highest BCUT2D eigenvalue weighted by molar-refractivity contribution is 6.32. The van der Waals surface area contributed by atoms with E-state index in [9.17, 15) is 4.39 Å². The van der Waals surface area contributed by atoms with Crippen molar-refractivity contribution in [2.75, 3.05) is 6.61 Å². The van der Waals surface area contributed by atoms with E-state index in [2.05, 4.69) is 0 Å². The van der Waals surface area contributed by atoms with Crippen molar-refractivity contribution in [3.8, 4) is 17.6 Å². The van der Waals surface area contributed by atoms with E-state index < -0.39 is 0 Å². The van der Waals surface area contributed by atoms with Crippen molar-refractivity contribution in [3.63, 3.8) is 0 Å². The van der Waals surface area contributed by atoms with Crippen LogP contribution < -0.4 is 9.47 Å². The predicted molar refractivity (Wildman–Crippen MR) is 78.1 cm³/mol. The Balaban J connectivity index is 2.24. The minimum Gasteiger partial charge on any atom is -0.490 e. The molecule has 0 heterocycles. The molecule has 0 atom stereocenters. The molecule has 2 aromatic rings. The van der Waals surface area contributed by atoms with Crippen LogP contribution in [-0.4, -0.2) is 6.61 Å². The lowest BCUT2D eigenvalue weighted by Gasteiger charge is -2.14. The molecule has 21 heavy (non-hydrogen) atoms. The van der Waals surface area contributed by atoms with E-state index in [0.29, 0.717) is 29.2 Å². The van der Waals surface area contributed by atoms with E-state index >= 15 is 0 Å². The first kappa shape index (κ1) is 15.1. The molecule has 0 aliphatic rings. The summed E-state index contributed by atoms with van der Waals surface area (Å²) in [5.41, 5.74) is 1.07. The second kappa shape index (κ2) is 6.96. The van der Waals surface area contributed by atoms with Crippen molar-refractivity contribution in [1.82, 2.24) is 0 Å². The highest BCUT2D eigenvalue weighted by Gasteiger charge is 2.13. The van der Waals surface area contributed by atoms with Crippen LogP contribution in [0.5, 0.6) is 11.5 Å². The standard InChI is InChI=1S/C16H13ClFNO2/c1-2-20-15-8-12(9-19)7-14(17)16(15)21-10-11-4-3-5-13(18)6-11/h3-8H,2,10H2,1H3. The maximum absolute atomic E-state index is 13.1. The lowest BCUT2D eigenvalue weighted by atomic mass is 10.2. The number of rotatable bonds is 5. The van der Waals surface area contributed by atoms with Crippen LogP contribution in [0.3, 0.4) is 0 Å². The van der Waals surface area contributed by atoms with Crippen LogP contribution in [0.15, 0.2) is 36.4 Å². The summed E-state index contributed by atoms with van der Waals surface area (Å²) >= 11 is 6.12. The second-order valence-electron chi connectivity index (χ2n) is 4.25. The highest BCUT2D eigenvalue weighted by atomic mass is 35.5. The van der Waals surface area contributed by atoms with Crippen molar-refractivity contribution in [3.05, 3.63) is 58.4 Å². The normalized spacial score (nSPS) is 10.0. The third-order valence-electron chi connectivity index (χ3n) is 2.71. The summed E-state index contributed by atoms with van der Waals surface area (Å²) in [6.07, 6.45) is 0. The summed E-state index contributed by atoms with van der Waals surface area (Å²) in [5.74, 6) is 0.423. The molecule has 0 N–H and O–H groups in total. The van der Waals surface area contributed by atoms with Gasteiger partial charge in [0.15, 0.2) is 11.5 Å². The molecule has 0 fully saturated rings. The molecule has 0 saturated heterocycles. The van der Waals surface area contributed by atoms with E-state index in [-0.39, 0.29) is 17.4 Å². The number of ether oxygens (including phenoxy) is 2. The van der Waals surface area contributed by atoms with Gasteiger partial charge in [-0.2, -0.15) is 5.26 Å². The largest absolute Gasteiger partial charge is 0.490 e. The Bertz CT molecular complexity index is 682. The second-order valence-corrected chi connectivity index (χ2v) is 4.66. The number of benzene rings is 2. The Morgan fingerprint density at radius 3 is 2.71 bits per heavy atom. The summed E-state index contributed by atoms with van der Waals surface area (Å²) < 4.78 is 24.2. The minimum absolute atomic E-state index is 0.156. The van der Waals surface area contributed by atoms with Crippen LogP contribution in [0.1, 0.15) is 18.1 Å². The molecular formula is C16H13ClFNO2. The number of halogens is 2. The molecule has 0 aromatic heterocycles. The fourth-order valence-electron chi connectivity index (χ4n) is 1.82. The Kier molecular flexibility index (Phi) is 5.02. The maximum atomic E-state index is 13.1. The van der Waals surface area contributed by atoms with Crippen molar-refractivity contribution < 1.29 is 13.9 Å². The van der Waals surface area contributed by atoms with Crippen LogP contribution in [0, 0.1) is 17.1 Å². The topological polar surface area (TPSA) is 42.2 Å². The van der Waals surface area contributed by atoms with E-state index in [1.54, 1.807) is 18.2 Å². The van der Waals surface area contributed by atoms with Crippen LogP contribution in [0.25, 0.3) is 0 Å². The smallest absolute Gasteiger partial charge is 0.180 e. The Hall–Kier alpha value is -2.25. The minimum atomic E-state index is -0.327. The monoisotopic (exact) mass is 305 g/mol. The van der Waals surface area contributed by atoms with Crippen LogP contribution in [0.4, 0.5) is 4.39 Å². The molecule has 108 valence electrons. The van der Waals surface area contributed by atoms with Gasteiger partial charge in [-0.3, -0.25) is 0 Å². The average Bonchev–Trinajstić information content (AvgIpc) is 2.46. The lowest BCUT2D eigenvalue weighted by Crippen LogP contribution is -2.01. The average molecular weight is 306 g/mol. The number of hydrogen-bond donors (Lipinski definition) is 0. The summed E-state index contributed by atoms with van der Waals surface area (Å²) in [7, 11) is 0. The van der Waals surface area contributed by atoms with Crippen LogP contribution >= 0.6 is 11.6 Å². The molecule has 0 unspecified atom stereocenters. The first-order valence-corrected chi connectivity index (χ1v) is 6.75. The van der Waals surface area contributed by atoms with E-state index in [0.717, 1.165) is 0 Å². The fraction of sp³-hybridized carbons (Fsp3) is 0.188. The van der Waals surface area contributed by atoms with Gasteiger partial charge in [0.2, 0.25) is 0 Å². The summed E-state index contributed by atoms with van der Waals surface area (Å²) in [6, 6.07) is 11.2. The van der Waals surface area contributed by atoms with Gasteiger partial charge < -0.3 is 9.47 Å². The van der Waals surface area contributed by atoms with E-state index in [1.807, 2.05) is 13.0 Å². The zero-order valence-corrected chi connectivity index (χ0v) is 12.2. The number of nitriles is 1. The van der Waals surface area contributed by atoms with Crippen molar-refractivity contribution in [2.45, 2.75) is 13.5 Å². The summed E-state index contributed by atoms with van der Waals surface area (Å²) in [5, 5.41) is 9.22. The maximum Gasteiger partial charge on any atom is 0.180 e. The van der Waals surface area contributed by atoms with Crippen LogP contribution in [0.2, 0.25) is 5.02 Å². The third-order valence-corrected chi connectivity index (χ3v) is 2.99. The van der Waals surface area contributed by atoms with Gasteiger partial charge in [0.05, 0.1) is 23.3 Å². The molecule has 2 rings (SSSR count). The summed E-state index contributed by atoms with van der Waals surface area (Å²) in [6.45, 7) is 2.40. The van der Waals surface area contributed by atoms with Gasteiger partial charge in [-0.05, 0) is 30.7 Å². The number of hydrogen-bond acceptors (Lipinski definition) is 3. The zero-order chi connectivity index (χ0) is 15.2. The molecule has 3 nitrogen and oxygen atoms in total. The Morgan fingerprint density at radius 1 is 1.24 bits per heavy atom. The Labute approximate surface area is 127 Å². The van der Waals surface area contributed by atoms with Gasteiger partial charge in [-0.25, -0.2) is 4.39 Å². The van der Waals surface area contributed by atoms with Gasteiger partial charge in [-0.1, -0.05) is 23.7 Å². The molecule has 0 aliphatic heterocycles. The fourth-order valence-corrected chi connectivity index (χ4v) is 2.08. The first-order chi connectivity index (χ1) is 10.1. The van der Waals surface area contributed by atoms with Gasteiger partial charge in [0.1, 0.15) is 12.4 Å². The zero-order valence-electron chi connectivity index (χ0n) is 11.4. The summed E-state index contributed by atoms with van der Waals surface area (Å²) in [4.78, 5) is 0. The van der Waals surface area contributed by atoms with E-state index in [1.165, 1.54) is 18.2 Å². The molecule has 0 saturated carbocycles. The highest BCUT2D eigenvalue weighted by Crippen LogP contribution is 2.37. The van der Waals surface area contributed by atoms with E-state index in [4.69, 9.17) is 26.3 Å². The van der Waals surface area contributed by atoms with Crippen molar-refractivity contribution in [1.29, 1.82) is 5.26 Å². The van der Waals surface area contributed by atoms with Crippen molar-refractivity contribution >= 4 is 11.6 Å². The predicted octanol–water partition coefficient (Wildman–Crippen LogP) is 4.33. The molecule has 5 heteroatoms. The number of nitrogens with zero attached hydrogens (tertiary/aromatic N) is 1. The van der Waals surface area contributed by atoms with Gasteiger partial charge in [-0.15, -0.1) is 0 Å². The first-order valence-electron chi connectivity index (χ1n) is 6.37. The quantitative estimate of drug-likeness (QED) is 0.825. The van der Waals surface area contributed by atoms with Gasteiger partial charge in [0, 0.05) is 6.07 Å². The molecule has 0 aliphatic carbocycles. The molecule has 0 radical (unpaired) electrons. The lowest BCUT2D eigenvalue weighted by molar-refractivity contribution is 0.269. The van der Waals surface area contributed by atoms with Gasteiger partial charge in [0.25, 0.3) is 0 Å². The molecule has 0 bridgehead atoms. The molecule has 0 spiro atoms.